The Hall–Kier alpha value is -0.970. The van der Waals surface area contributed by atoms with E-state index in [1.165, 1.54) is 31.2 Å². The molecule has 1 aromatic carbocycles. The molecular weight excluding hydrogens is 311 g/mol. The number of methoxy groups -OCH3 is 1. The van der Waals surface area contributed by atoms with E-state index < -0.39 is 0 Å². The average molecular weight is 333 g/mol. The lowest BCUT2D eigenvalue weighted by molar-refractivity contribution is 0.0601. The highest BCUT2D eigenvalue weighted by molar-refractivity contribution is 5.91. The number of nitrogens with zero attached hydrogens (tertiary/aromatic N) is 1. The van der Waals surface area contributed by atoms with Gasteiger partial charge in [0.2, 0.25) is 0 Å². The Morgan fingerprint density at radius 3 is 2.67 bits per heavy atom. The summed E-state index contributed by atoms with van der Waals surface area (Å²) in [6.07, 6.45) is 3.45. The van der Waals surface area contributed by atoms with Crippen molar-refractivity contribution in [2.24, 2.45) is 0 Å². The molecule has 0 atom stereocenters. The molecule has 0 spiro atoms. The summed E-state index contributed by atoms with van der Waals surface area (Å²) < 4.78 is 4.81. The number of carbonyl (C=O) groups excluding carboxylic acids is 1. The number of carbonyl (C=O) groups is 1. The van der Waals surface area contributed by atoms with Crippen molar-refractivity contribution >= 4 is 36.5 Å². The highest BCUT2D eigenvalue weighted by Gasteiger charge is 2.27. The van der Waals surface area contributed by atoms with Crippen LogP contribution >= 0.6 is 24.8 Å². The number of hydrogen-bond donors (Lipinski definition) is 1. The van der Waals surface area contributed by atoms with Gasteiger partial charge in [-0.05, 0) is 50.0 Å². The predicted molar refractivity (Wildman–Crippen MR) is 89.2 cm³/mol. The average Bonchev–Trinajstić information content (AvgIpc) is 2.90. The van der Waals surface area contributed by atoms with E-state index in [0.29, 0.717) is 11.6 Å². The van der Waals surface area contributed by atoms with E-state index >= 15 is 0 Å². The number of fused-ring (bicyclic) bond motifs is 1. The molecule has 1 aromatic rings. The molecule has 3 rings (SSSR count). The lowest BCUT2D eigenvalue weighted by Crippen LogP contribution is -2.42. The highest BCUT2D eigenvalue weighted by Crippen LogP contribution is 2.32. The summed E-state index contributed by atoms with van der Waals surface area (Å²) in [6, 6.07) is 6.55. The van der Waals surface area contributed by atoms with Crippen LogP contribution in [0.4, 0.5) is 5.69 Å². The minimum atomic E-state index is -0.250. The largest absolute Gasteiger partial charge is 0.465 e. The van der Waals surface area contributed by atoms with Gasteiger partial charge in [0.05, 0.1) is 12.7 Å². The number of benzene rings is 1. The van der Waals surface area contributed by atoms with E-state index in [9.17, 15) is 4.79 Å². The molecule has 0 aliphatic carbocycles. The third kappa shape index (κ3) is 3.62. The van der Waals surface area contributed by atoms with Crippen LogP contribution in [0.5, 0.6) is 0 Å². The predicted octanol–water partition coefficient (Wildman–Crippen LogP) is 2.43. The van der Waals surface area contributed by atoms with Gasteiger partial charge >= 0.3 is 5.97 Å². The SMILES string of the molecule is COC(=O)c1ccc2c(c1)N(C1CCNCC1)CC2.Cl.Cl. The fourth-order valence-corrected chi connectivity index (χ4v) is 3.15. The van der Waals surface area contributed by atoms with Crippen LogP contribution in [0.25, 0.3) is 0 Å². The van der Waals surface area contributed by atoms with E-state index in [-0.39, 0.29) is 30.8 Å². The van der Waals surface area contributed by atoms with Gasteiger partial charge in [0.25, 0.3) is 0 Å². The zero-order chi connectivity index (χ0) is 13.2. The number of halogens is 2. The van der Waals surface area contributed by atoms with Crippen LogP contribution in [0.1, 0.15) is 28.8 Å². The first-order valence-corrected chi connectivity index (χ1v) is 6.98. The first-order valence-electron chi connectivity index (χ1n) is 6.98. The topological polar surface area (TPSA) is 41.6 Å². The molecule has 2 aliphatic rings. The molecule has 1 saturated heterocycles. The summed E-state index contributed by atoms with van der Waals surface area (Å²) in [6.45, 7) is 3.25. The van der Waals surface area contributed by atoms with Crippen molar-refractivity contribution in [3.63, 3.8) is 0 Å². The first-order chi connectivity index (χ1) is 9.29. The van der Waals surface area contributed by atoms with Gasteiger partial charge in [-0.2, -0.15) is 0 Å². The highest BCUT2D eigenvalue weighted by atomic mass is 35.5. The maximum Gasteiger partial charge on any atom is 0.337 e. The van der Waals surface area contributed by atoms with Crippen molar-refractivity contribution < 1.29 is 9.53 Å². The molecule has 21 heavy (non-hydrogen) atoms. The van der Waals surface area contributed by atoms with E-state index in [1.807, 2.05) is 12.1 Å². The molecule has 0 radical (unpaired) electrons. The molecule has 0 unspecified atom stereocenters. The summed E-state index contributed by atoms with van der Waals surface area (Å²) in [7, 11) is 1.43. The maximum absolute atomic E-state index is 11.6. The first kappa shape index (κ1) is 18.1. The van der Waals surface area contributed by atoms with Crippen molar-refractivity contribution in [3.8, 4) is 0 Å². The summed E-state index contributed by atoms with van der Waals surface area (Å²) >= 11 is 0. The van der Waals surface area contributed by atoms with Gasteiger partial charge in [0, 0.05) is 18.3 Å². The van der Waals surface area contributed by atoms with Crippen LogP contribution < -0.4 is 10.2 Å². The Morgan fingerprint density at radius 1 is 1.29 bits per heavy atom. The third-order valence-electron chi connectivity index (χ3n) is 4.19. The van der Waals surface area contributed by atoms with Crippen LogP contribution in [-0.4, -0.2) is 38.8 Å². The number of hydrogen-bond acceptors (Lipinski definition) is 4. The van der Waals surface area contributed by atoms with Gasteiger partial charge in [-0.1, -0.05) is 6.07 Å². The van der Waals surface area contributed by atoms with Gasteiger partial charge in [-0.15, -0.1) is 24.8 Å². The Balaban J connectivity index is 0.00000110. The zero-order valence-electron chi connectivity index (χ0n) is 12.1. The normalized spacial score (nSPS) is 17.5. The number of esters is 1. The Morgan fingerprint density at radius 2 is 2.00 bits per heavy atom. The van der Waals surface area contributed by atoms with Crippen LogP contribution in [0.15, 0.2) is 18.2 Å². The fraction of sp³-hybridized carbons (Fsp3) is 0.533. The molecule has 118 valence electrons. The molecule has 1 fully saturated rings. The molecule has 0 amide bonds. The zero-order valence-corrected chi connectivity index (χ0v) is 13.8. The van der Waals surface area contributed by atoms with Gasteiger partial charge in [-0.25, -0.2) is 4.79 Å². The minimum Gasteiger partial charge on any atom is -0.465 e. The standard InChI is InChI=1S/C15H20N2O2.2ClH/c1-19-15(18)12-3-2-11-6-9-17(14(11)10-12)13-4-7-16-8-5-13;;/h2-3,10,13,16H,4-9H2,1H3;2*1H. The second-order valence-corrected chi connectivity index (χ2v) is 5.26. The Kier molecular flexibility index (Phi) is 6.78. The fourth-order valence-electron chi connectivity index (χ4n) is 3.15. The lowest BCUT2D eigenvalue weighted by atomic mass is 10.0. The van der Waals surface area contributed by atoms with Gasteiger partial charge in [-0.3, -0.25) is 0 Å². The third-order valence-corrected chi connectivity index (χ3v) is 4.19. The van der Waals surface area contributed by atoms with E-state index in [1.54, 1.807) is 0 Å². The van der Waals surface area contributed by atoms with Crippen LogP contribution in [0.2, 0.25) is 0 Å². The summed E-state index contributed by atoms with van der Waals surface area (Å²) in [5, 5.41) is 3.40. The Labute approximate surface area is 138 Å². The number of ether oxygens (including phenoxy) is 1. The molecule has 6 heteroatoms. The number of rotatable bonds is 2. The van der Waals surface area contributed by atoms with Crippen molar-refractivity contribution in [1.29, 1.82) is 0 Å². The second kappa shape index (κ2) is 7.87. The molecule has 0 aromatic heterocycles. The van der Waals surface area contributed by atoms with Gasteiger partial charge < -0.3 is 15.0 Å². The Bertz CT molecular complexity index is 491. The van der Waals surface area contributed by atoms with Crippen molar-refractivity contribution in [1.82, 2.24) is 5.32 Å². The molecule has 4 nitrogen and oxygen atoms in total. The second-order valence-electron chi connectivity index (χ2n) is 5.26. The lowest BCUT2D eigenvalue weighted by Gasteiger charge is -2.33. The quantitative estimate of drug-likeness (QED) is 0.844. The van der Waals surface area contributed by atoms with E-state index in [0.717, 1.165) is 26.1 Å². The maximum atomic E-state index is 11.6. The van der Waals surface area contributed by atoms with Crippen LogP contribution in [0.3, 0.4) is 0 Å². The summed E-state index contributed by atoms with van der Waals surface area (Å²) in [5.74, 6) is -0.250. The van der Waals surface area contributed by atoms with Crippen molar-refractivity contribution in [2.75, 3.05) is 31.6 Å². The van der Waals surface area contributed by atoms with Crippen LogP contribution in [-0.2, 0) is 11.2 Å². The van der Waals surface area contributed by atoms with Gasteiger partial charge in [0.15, 0.2) is 0 Å². The number of piperidine rings is 1. The molecular formula is C15H22Cl2N2O2. The monoisotopic (exact) mass is 332 g/mol. The van der Waals surface area contributed by atoms with Crippen LogP contribution in [0, 0.1) is 0 Å². The molecule has 1 N–H and O–H groups in total. The summed E-state index contributed by atoms with van der Waals surface area (Å²) in [4.78, 5) is 14.1. The minimum absolute atomic E-state index is 0. The molecule has 0 bridgehead atoms. The smallest absolute Gasteiger partial charge is 0.337 e. The summed E-state index contributed by atoms with van der Waals surface area (Å²) in [5.41, 5.74) is 3.24. The van der Waals surface area contributed by atoms with Crippen molar-refractivity contribution in [3.05, 3.63) is 29.3 Å². The van der Waals surface area contributed by atoms with E-state index in [2.05, 4.69) is 16.3 Å². The van der Waals surface area contributed by atoms with Gasteiger partial charge in [0.1, 0.15) is 0 Å². The van der Waals surface area contributed by atoms with E-state index in [4.69, 9.17) is 4.74 Å². The van der Waals surface area contributed by atoms with Crippen molar-refractivity contribution in [2.45, 2.75) is 25.3 Å². The molecule has 0 saturated carbocycles. The number of nitrogens with one attached hydrogen (secondary N) is 1. The molecule has 2 heterocycles. The number of anilines is 1. The molecule has 2 aliphatic heterocycles.